The number of benzene rings is 1. The smallest absolute Gasteiger partial charge is 0.257 e. The molecule has 0 unspecified atom stereocenters. The fourth-order valence-corrected chi connectivity index (χ4v) is 1.92. The average Bonchev–Trinajstić information content (AvgIpc) is 2.28. The van der Waals surface area contributed by atoms with Crippen LogP contribution in [0.1, 0.15) is 17.3 Å². The molecule has 0 aliphatic rings. The molecule has 88 valence electrons. The lowest BCUT2D eigenvalue weighted by atomic mass is 10.1. The zero-order chi connectivity index (χ0) is 12.1. The number of halogens is 2. The molecule has 5 heteroatoms. The maximum atomic E-state index is 12.0. The third kappa shape index (κ3) is 3.12. The Morgan fingerprint density at radius 1 is 1.56 bits per heavy atom. The molecule has 16 heavy (non-hydrogen) atoms. The van der Waals surface area contributed by atoms with Crippen molar-refractivity contribution in [2.24, 2.45) is 0 Å². The van der Waals surface area contributed by atoms with Gasteiger partial charge in [0.2, 0.25) is 0 Å². The van der Waals surface area contributed by atoms with Crippen LogP contribution in [0, 0.1) is 0 Å². The van der Waals surface area contributed by atoms with Crippen LogP contribution < -0.4 is 0 Å². The van der Waals surface area contributed by atoms with Gasteiger partial charge in [-0.05, 0) is 25.1 Å². The van der Waals surface area contributed by atoms with Gasteiger partial charge in [-0.15, -0.1) is 11.6 Å². The van der Waals surface area contributed by atoms with Crippen molar-refractivity contribution in [3.8, 4) is 5.75 Å². The van der Waals surface area contributed by atoms with Gasteiger partial charge in [0.25, 0.3) is 5.91 Å². The van der Waals surface area contributed by atoms with Gasteiger partial charge in [-0.3, -0.25) is 4.79 Å². The number of nitrogens with zero attached hydrogens (tertiary/aromatic N) is 1. The number of amides is 1. The van der Waals surface area contributed by atoms with Gasteiger partial charge < -0.3 is 10.0 Å². The van der Waals surface area contributed by atoms with Crippen molar-refractivity contribution in [1.29, 1.82) is 0 Å². The van der Waals surface area contributed by atoms with Crippen LogP contribution in [0.15, 0.2) is 22.7 Å². The van der Waals surface area contributed by atoms with Crippen LogP contribution in [-0.4, -0.2) is 34.9 Å². The second kappa shape index (κ2) is 6.11. The number of aromatic hydroxyl groups is 1. The van der Waals surface area contributed by atoms with Gasteiger partial charge in [0.05, 0.1) is 5.56 Å². The van der Waals surface area contributed by atoms with E-state index in [-0.39, 0.29) is 11.7 Å². The van der Waals surface area contributed by atoms with E-state index in [2.05, 4.69) is 15.9 Å². The molecule has 1 aromatic carbocycles. The summed E-state index contributed by atoms with van der Waals surface area (Å²) in [4.78, 5) is 13.6. The van der Waals surface area contributed by atoms with Crippen molar-refractivity contribution < 1.29 is 9.90 Å². The lowest BCUT2D eigenvalue weighted by Crippen LogP contribution is -2.32. The topological polar surface area (TPSA) is 40.5 Å². The first-order chi connectivity index (χ1) is 7.60. The van der Waals surface area contributed by atoms with Crippen LogP contribution in [0.2, 0.25) is 0 Å². The van der Waals surface area contributed by atoms with E-state index in [1.165, 1.54) is 6.07 Å². The molecule has 0 heterocycles. The largest absolute Gasteiger partial charge is 0.507 e. The first kappa shape index (κ1) is 13.3. The summed E-state index contributed by atoms with van der Waals surface area (Å²) in [5.74, 6) is 0.164. The van der Waals surface area contributed by atoms with Crippen LogP contribution >= 0.6 is 27.5 Å². The molecule has 1 rings (SSSR count). The lowest BCUT2D eigenvalue weighted by Gasteiger charge is -2.20. The molecule has 0 radical (unpaired) electrons. The first-order valence-electron chi connectivity index (χ1n) is 4.94. The highest BCUT2D eigenvalue weighted by Gasteiger charge is 2.17. The Hall–Kier alpha value is -0.740. The Labute approximate surface area is 108 Å². The monoisotopic (exact) mass is 305 g/mol. The summed E-state index contributed by atoms with van der Waals surface area (Å²) >= 11 is 8.88. The molecule has 1 amide bonds. The van der Waals surface area contributed by atoms with Crippen molar-refractivity contribution in [2.45, 2.75) is 6.92 Å². The number of carbonyl (C=O) groups is 1. The van der Waals surface area contributed by atoms with Crippen LogP contribution in [0.25, 0.3) is 0 Å². The number of hydrogen-bond donors (Lipinski definition) is 1. The molecule has 0 saturated heterocycles. The third-order valence-corrected chi connectivity index (χ3v) is 2.87. The maximum absolute atomic E-state index is 12.0. The van der Waals surface area contributed by atoms with Crippen LogP contribution in [0.5, 0.6) is 5.75 Å². The minimum Gasteiger partial charge on any atom is -0.507 e. The Kier molecular flexibility index (Phi) is 5.09. The highest BCUT2D eigenvalue weighted by Crippen LogP contribution is 2.23. The van der Waals surface area contributed by atoms with Crippen LogP contribution in [0.3, 0.4) is 0 Å². The lowest BCUT2D eigenvalue weighted by molar-refractivity contribution is 0.0771. The van der Waals surface area contributed by atoms with Crippen molar-refractivity contribution in [1.82, 2.24) is 4.90 Å². The van der Waals surface area contributed by atoms with Crippen molar-refractivity contribution in [3.05, 3.63) is 28.2 Å². The molecule has 1 N–H and O–H groups in total. The summed E-state index contributed by atoms with van der Waals surface area (Å²) in [6.45, 7) is 2.92. The van der Waals surface area contributed by atoms with Gasteiger partial charge in [-0.1, -0.05) is 15.9 Å². The number of carbonyl (C=O) groups excluding carboxylic acids is 1. The van der Waals surface area contributed by atoms with Gasteiger partial charge in [-0.2, -0.15) is 0 Å². The van der Waals surface area contributed by atoms with Gasteiger partial charge >= 0.3 is 0 Å². The summed E-state index contributed by atoms with van der Waals surface area (Å²) in [6, 6.07) is 4.78. The predicted octanol–water partition coefficient (Wildman–Crippen LogP) is 2.86. The van der Waals surface area contributed by atoms with E-state index in [1.807, 2.05) is 6.92 Å². The van der Waals surface area contributed by atoms with E-state index in [4.69, 9.17) is 11.6 Å². The van der Waals surface area contributed by atoms with E-state index in [0.29, 0.717) is 24.5 Å². The van der Waals surface area contributed by atoms with Crippen molar-refractivity contribution in [3.63, 3.8) is 0 Å². The molecule has 0 bridgehead atoms. The van der Waals surface area contributed by atoms with Crippen LogP contribution in [0.4, 0.5) is 0 Å². The molecule has 0 aliphatic heterocycles. The number of hydrogen-bond acceptors (Lipinski definition) is 2. The van der Waals surface area contributed by atoms with Crippen molar-refractivity contribution in [2.75, 3.05) is 19.0 Å². The fourth-order valence-electron chi connectivity index (χ4n) is 1.36. The van der Waals surface area contributed by atoms with E-state index < -0.39 is 0 Å². The molecule has 0 spiro atoms. The van der Waals surface area contributed by atoms with E-state index in [9.17, 15) is 9.90 Å². The van der Waals surface area contributed by atoms with E-state index in [1.54, 1.807) is 17.0 Å². The number of alkyl halides is 1. The molecule has 0 aromatic heterocycles. The van der Waals surface area contributed by atoms with E-state index >= 15 is 0 Å². The second-order valence-electron chi connectivity index (χ2n) is 3.24. The average molecular weight is 307 g/mol. The molecule has 0 aliphatic carbocycles. The standard InChI is InChI=1S/C11H13BrClNO2/c1-2-14(6-5-13)11(16)9-7-8(12)3-4-10(9)15/h3-4,7,15H,2,5-6H2,1H3. The molecule has 1 aromatic rings. The molecule has 0 saturated carbocycles. The summed E-state index contributed by atoms with van der Waals surface area (Å²) in [6.07, 6.45) is 0. The maximum Gasteiger partial charge on any atom is 0.257 e. The summed E-state index contributed by atoms with van der Waals surface area (Å²) in [5.41, 5.74) is 0.293. The van der Waals surface area contributed by atoms with Crippen LogP contribution in [-0.2, 0) is 0 Å². The van der Waals surface area contributed by atoms with Gasteiger partial charge in [0.15, 0.2) is 0 Å². The Balaban J connectivity index is 2.98. The zero-order valence-corrected chi connectivity index (χ0v) is 11.3. The number of phenolic OH excluding ortho intramolecular Hbond substituents is 1. The Bertz CT molecular complexity index is 384. The van der Waals surface area contributed by atoms with Gasteiger partial charge in [0.1, 0.15) is 5.75 Å². The highest BCUT2D eigenvalue weighted by atomic mass is 79.9. The highest BCUT2D eigenvalue weighted by molar-refractivity contribution is 9.10. The molecular formula is C11H13BrClNO2. The first-order valence-corrected chi connectivity index (χ1v) is 6.26. The summed E-state index contributed by atoms with van der Waals surface area (Å²) in [7, 11) is 0. The predicted molar refractivity (Wildman–Crippen MR) is 68.1 cm³/mol. The Morgan fingerprint density at radius 3 is 2.81 bits per heavy atom. The number of phenols is 1. The normalized spacial score (nSPS) is 10.2. The zero-order valence-electron chi connectivity index (χ0n) is 8.91. The minimum absolute atomic E-state index is 0.0128. The minimum atomic E-state index is -0.207. The summed E-state index contributed by atoms with van der Waals surface area (Å²) < 4.78 is 0.760. The molecule has 0 fully saturated rings. The second-order valence-corrected chi connectivity index (χ2v) is 4.53. The molecular weight excluding hydrogens is 293 g/mol. The Morgan fingerprint density at radius 2 is 2.25 bits per heavy atom. The third-order valence-electron chi connectivity index (χ3n) is 2.21. The molecule has 3 nitrogen and oxygen atoms in total. The fraction of sp³-hybridized carbons (Fsp3) is 0.364. The van der Waals surface area contributed by atoms with Gasteiger partial charge in [-0.25, -0.2) is 0 Å². The molecule has 0 atom stereocenters. The SMILES string of the molecule is CCN(CCCl)C(=O)c1cc(Br)ccc1O. The van der Waals surface area contributed by atoms with Crippen molar-refractivity contribution >= 4 is 33.4 Å². The number of rotatable bonds is 4. The van der Waals surface area contributed by atoms with E-state index in [0.717, 1.165) is 4.47 Å². The summed E-state index contributed by atoms with van der Waals surface area (Å²) in [5, 5.41) is 9.62. The van der Waals surface area contributed by atoms with Gasteiger partial charge in [0, 0.05) is 23.4 Å². The quantitative estimate of drug-likeness (QED) is 0.869.